The van der Waals surface area contributed by atoms with Crippen molar-refractivity contribution in [3.8, 4) is 11.1 Å². The molecule has 0 spiro atoms. The molecule has 0 bridgehead atoms. The van der Waals surface area contributed by atoms with Gasteiger partial charge >= 0.3 is 0 Å². The van der Waals surface area contributed by atoms with Gasteiger partial charge in [-0.05, 0) is 48.0 Å². The highest BCUT2D eigenvalue weighted by atomic mass is 28.3. The van der Waals surface area contributed by atoms with Gasteiger partial charge in [-0.25, -0.2) is 4.39 Å². The monoisotopic (exact) mass is 457 g/mol. The number of aromatic nitrogens is 1. The Kier molecular flexibility index (Phi) is 8.77. The van der Waals surface area contributed by atoms with Crippen LogP contribution < -0.4 is 0 Å². The molecule has 0 aliphatic carbocycles. The zero-order chi connectivity index (χ0) is 24.2. The Hall–Kier alpha value is -2.05. The van der Waals surface area contributed by atoms with Crippen LogP contribution in [0.2, 0.25) is 13.1 Å². The first-order valence-electron chi connectivity index (χ1n) is 11.2. The van der Waals surface area contributed by atoms with Crippen LogP contribution in [0, 0.1) is 11.2 Å². The van der Waals surface area contributed by atoms with E-state index in [2.05, 4.69) is 66.7 Å². The zero-order valence-electron chi connectivity index (χ0n) is 21.2. The van der Waals surface area contributed by atoms with Crippen LogP contribution in [0.25, 0.3) is 11.1 Å². The van der Waals surface area contributed by atoms with E-state index in [0.717, 1.165) is 33.6 Å². The first kappa shape index (κ1) is 26.2. The SMILES string of the molecule is CON=Cc1c(C(C)C)nc(C(C)C)c(C(O[Si](C)C)C(C)(C)C)c1-c1ccc(F)cc1. The van der Waals surface area contributed by atoms with E-state index in [1.165, 1.54) is 19.2 Å². The van der Waals surface area contributed by atoms with Crippen LogP contribution in [-0.2, 0) is 9.26 Å². The minimum absolute atomic E-state index is 0.170. The summed E-state index contributed by atoms with van der Waals surface area (Å²) in [5.74, 6) is 0.0962. The lowest BCUT2D eigenvalue weighted by atomic mass is 9.77. The first-order valence-corrected chi connectivity index (χ1v) is 13.7. The van der Waals surface area contributed by atoms with Crippen molar-refractivity contribution in [2.45, 2.75) is 79.5 Å². The van der Waals surface area contributed by atoms with Crippen molar-refractivity contribution in [2.24, 2.45) is 10.6 Å². The van der Waals surface area contributed by atoms with Crippen molar-refractivity contribution < 1.29 is 13.7 Å². The van der Waals surface area contributed by atoms with E-state index in [0.29, 0.717) is 0 Å². The standard InChI is InChI=1S/C26H38FN2O2Si/c1-16(2)23-20(15-28-30-8)21(18-11-13-19(27)14-12-18)22(24(29-23)17(3)4)25(26(5,6)7)31-32(9)10/h11-17,25H,1-10H3. The number of nitrogens with zero attached hydrogens (tertiary/aromatic N) is 2. The van der Waals surface area contributed by atoms with Crippen molar-refractivity contribution in [1.29, 1.82) is 0 Å². The van der Waals surface area contributed by atoms with Gasteiger partial charge in [0.2, 0.25) is 9.04 Å². The maximum absolute atomic E-state index is 13.9. The molecular formula is C26H38FN2O2Si. The minimum Gasteiger partial charge on any atom is -0.410 e. The van der Waals surface area contributed by atoms with Crippen molar-refractivity contribution in [3.63, 3.8) is 0 Å². The average Bonchev–Trinajstić information content (AvgIpc) is 2.69. The maximum atomic E-state index is 13.9. The lowest BCUT2D eigenvalue weighted by molar-refractivity contribution is 0.0855. The summed E-state index contributed by atoms with van der Waals surface area (Å²) in [5, 5.41) is 4.11. The summed E-state index contributed by atoms with van der Waals surface area (Å²) < 4.78 is 20.5. The quantitative estimate of drug-likeness (QED) is 0.235. The Labute approximate surface area is 195 Å². The van der Waals surface area contributed by atoms with Crippen molar-refractivity contribution in [3.05, 3.63) is 52.6 Å². The predicted octanol–water partition coefficient (Wildman–Crippen LogP) is 7.47. The summed E-state index contributed by atoms with van der Waals surface area (Å²) in [7, 11) is 0.521. The van der Waals surface area contributed by atoms with Gasteiger partial charge in [-0.15, -0.1) is 0 Å². The number of benzene rings is 1. The number of hydrogen-bond acceptors (Lipinski definition) is 4. The van der Waals surface area contributed by atoms with Gasteiger partial charge in [-0.1, -0.05) is 65.8 Å². The van der Waals surface area contributed by atoms with Crippen LogP contribution in [0.4, 0.5) is 4.39 Å². The third kappa shape index (κ3) is 6.04. The van der Waals surface area contributed by atoms with E-state index in [4.69, 9.17) is 14.2 Å². The molecule has 0 amide bonds. The molecule has 0 fully saturated rings. The van der Waals surface area contributed by atoms with E-state index < -0.39 is 9.04 Å². The fourth-order valence-electron chi connectivity index (χ4n) is 3.87. The highest BCUT2D eigenvalue weighted by Gasteiger charge is 2.35. The van der Waals surface area contributed by atoms with E-state index in [-0.39, 0.29) is 29.2 Å². The lowest BCUT2D eigenvalue weighted by Gasteiger charge is -2.37. The fourth-order valence-corrected chi connectivity index (χ4v) is 4.81. The molecule has 1 aromatic carbocycles. The molecule has 1 heterocycles. The van der Waals surface area contributed by atoms with E-state index in [1.807, 2.05) is 12.1 Å². The summed E-state index contributed by atoms with van der Waals surface area (Å²) >= 11 is 0. The summed E-state index contributed by atoms with van der Waals surface area (Å²) in [6, 6.07) is 6.66. The topological polar surface area (TPSA) is 43.7 Å². The molecule has 4 nitrogen and oxygen atoms in total. The normalized spacial score (nSPS) is 13.6. The molecule has 2 rings (SSSR count). The smallest absolute Gasteiger partial charge is 0.205 e. The van der Waals surface area contributed by atoms with Gasteiger partial charge in [0, 0.05) is 22.4 Å². The van der Waals surface area contributed by atoms with Crippen molar-refractivity contribution >= 4 is 15.3 Å². The molecule has 0 aliphatic heterocycles. The van der Waals surface area contributed by atoms with Gasteiger partial charge in [0.05, 0.1) is 18.0 Å². The molecule has 6 heteroatoms. The maximum Gasteiger partial charge on any atom is 0.205 e. The summed E-state index contributed by atoms with van der Waals surface area (Å²) in [6.45, 7) is 19.5. The molecule has 1 unspecified atom stereocenters. The number of hydrogen-bond donors (Lipinski definition) is 0. The molecule has 0 saturated carbocycles. The Bertz CT molecular complexity index is 932. The highest BCUT2D eigenvalue weighted by Crippen LogP contribution is 2.46. The van der Waals surface area contributed by atoms with Crippen LogP contribution >= 0.6 is 0 Å². The summed E-state index contributed by atoms with van der Waals surface area (Å²) in [4.78, 5) is 10.2. The van der Waals surface area contributed by atoms with E-state index >= 15 is 0 Å². The van der Waals surface area contributed by atoms with Crippen LogP contribution in [-0.4, -0.2) is 27.3 Å². The number of pyridine rings is 1. The number of oxime groups is 1. The molecule has 1 radical (unpaired) electrons. The first-order chi connectivity index (χ1) is 14.9. The highest BCUT2D eigenvalue weighted by molar-refractivity contribution is 6.48. The van der Waals surface area contributed by atoms with Gasteiger partial charge < -0.3 is 9.26 Å². The second kappa shape index (κ2) is 10.7. The Morgan fingerprint density at radius 3 is 2.00 bits per heavy atom. The van der Waals surface area contributed by atoms with Crippen LogP contribution in [0.5, 0.6) is 0 Å². The second-order valence-electron chi connectivity index (χ2n) is 10.1. The molecule has 0 aliphatic rings. The van der Waals surface area contributed by atoms with Crippen LogP contribution in [0.15, 0.2) is 29.4 Å². The molecule has 0 saturated heterocycles. The molecule has 1 aromatic heterocycles. The Balaban J connectivity index is 3.11. The molecule has 32 heavy (non-hydrogen) atoms. The zero-order valence-corrected chi connectivity index (χ0v) is 22.2. The fraction of sp³-hybridized carbons (Fsp3) is 0.538. The summed E-state index contributed by atoms with van der Waals surface area (Å²) in [6.07, 6.45) is 1.56. The average molecular weight is 458 g/mol. The Morgan fingerprint density at radius 2 is 1.56 bits per heavy atom. The van der Waals surface area contributed by atoms with Crippen LogP contribution in [0.3, 0.4) is 0 Å². The number of halogens is 1. The molecular weight excluding hydrogens is 419 g/mol. The van der Waals surface area contributed by atoms with Gasteiger partial charge in [0.15, 0.2) is 0 Å². The third-order valence-electron chi connectivity index (χ3n) is 5.25. The van der Waals surface area contributed by atoms with Crippen molar-refractivity contribution in [2.75, 3.05) is 7.11 Å². The van der Waals surface area contributed by atoms with Gasteiger partial charge in [-0.2, -0.15) is 0 Å². The molecule has 0 N–H and O–H groups in total. The number of rotatable bonds is 8. The lowest BCUT2D eigenvalue weighted by Crippen LogP contribution is -2.29. The van der Waals surface area contributed by atoms with E-state index in [9.17, 15) is 4.39 Å². The summed E-state index contributed by atoms with van der Waals surface area (Å²) in [5.41, 5.74) is 5.67. The molecule has 1 atom stereocenters. The minimum atomic E-state index is -1.01. The predicted molar refractivity (Wildman–Crippen MR) is 133 cm³/mol. The molecule has 175 valence electrons. The second-order valence-corrected chi connectivity index (χ2v) is 12.1. The van der Waals surface area contributed by atoms with Gasteiger partial charge in [-0.3, -0.25) is 4.98 Å². The van der Waals surface area contributed by atoms with E-state index in [1.54, 1.807) is 6.21 Å². The largest absolute Gasteiger partial charge is 0.410 e. The third-order valence-corrected chi connectivity index (χ3v) is 5.95. The van der Waals surface area contributed by atoms with Crippen LogP contribution in [0.1, 0.15) is 88.9 Å². The van der Waals surface area contributed by atoms with Crippen molar-refractivity contribution in [1.82, 2.24) is 4.98 Å². The van der Waals surface area contributed by atoms with Gasteiger partial charge in [0.25, 0.3) is 0 Å². The molecule has 2 aromatic rings. The Morgan fingerprint density at radius 1 is 1.00 bits per heavy atom. The van der Waals surface area contributed by atoms with Gasteiger partial charge in [0.1, 0.15) is 12.9 Å².